The molecular formula is C16H24N2O2S. The molecule has 5 heteroatoms. The lowest BCUT2D eigenvalue weighted by Crippen LogP contribution is -2.41. The number of rotatable bonds is 7. The van der Waals surface area contributed by atoms with Crippen molar-refractivity contribution >= 4 is 23.6 Å². The van der Waals surface area contributed by atoms with Gasteiger partial charge in [0, 0.05) is 18.0 Å². The number of nitrogens with one attached hydrogen (secondary N) is 1. The largest absolute Gasteiger partial charge is 0.355 e. The Bertz CT molecular complexity index is 503. The maximum absolute atomic E-state index is 12.2. The Hall–Kier alpha value is -1.49. The van der Waals surface area contributed by atoms with Gasteiger partial charge in [0.1, 0.15) is 0 Å². The topological polar surface area (TPSA) is 49.4 Å². The third kappa shape index (κ3) is 5.79. The van der Waals surface area contributed by atoms with Crippen molar-refractivity contribution in [3.8, 4) is 0 Å². The molecule has 1 aromatic rings. The van der Waals surface area contributed by atoms with Gasteiger partial charge in [-0.05, 0) is 39.3 Å². The Morgan fingerprint density at radius 3 is 2.57 bits per heavy atom. The van der Waals surface area contributed by atoms with E-state index in [1.54, 1.807) is 4.90 Å². The minimum Gasteiger partial charge on any atom is -0.355 e. The Morgan fingerprint density at radius 2 is 1.95 bits per heavy atom. The minimum absolute atomic E-state index is 0.00495. The second kappa shape index (κ2) is 8.72. The summed E-state index contributed by atoms with van der Waals surface area (Å²) in [4.78, 5) is 26.5. The van der Waals surface area contributed by atoms with Crippen LogP contribution in [-0.2, 0) is 9.59 Å². The van der Waals surface area contributed by atoms with Gasteiger partial charge in [0.05, 0.1) is 12.3 Å². The molecule has 0 aliphatic carbocycles. The van der Waals surface area contributed by atoms with Crippen LogP contribution in [-0.4, -0.2) is 42.1 Å². The van der Waals surface area contributed by atoms with Gasteiger partial charge in [-0.1, -0.05) is 17.7 Å². The van der Waals surface area contributed by atoms with Gasteiger partial charge in [0.15, 0.2) is 0 Å². The fraction of sp³-hybridized carbons (Fsp3) is 0.500. The van der Waals surface area contributed by atoms with Crippen LogP contribution in [0.25, 0.3) is 0 Å². The second-order valence-corrected chi connectivity index (χ2v) is 5.94. The number of aryl methyl sites for hydroxylation is 2. The Kier molecular flexibility index (Phi) is 7.29. The first-order valence-corrected chi connectivity index (χ1v) is 8.21. The molecule has 116 valence electrons. The first kappa shape index (κ1) is 17.6. The Labute approximate surface area is 131 Å². The molecule has 1 rings (SSSR count). The molecule has 2 amide bonds. The summed E-state index contributed by atoms with van der Waals surface area (Å²) in [5, 5.41) is 2.72. The zero-order valence-corrected chi connectivity index (χ0v) is 14.0. The highest BCUT2D eigenvalue weighted by atomic mass is 32.2. The summed E-state index contributed by atoms with van der Waals surface area (Å²) in [5.41, 5.74) is 2.36. The average Bonchev–Trinajstić information content (AvgIpc) is 2.45. The van der Waals surface area contributed by atoms with E-state index in [0.717, 1.165) is 4.90 Å². The number of nitrogens with zero attached hydrogens (tertiary/aromatic N) is 1. The zero-order chi connectivity index (χ0) is 15.8. The van der Waals surface area contributed by atoms with Crippen LogP contribution in [0.1, 0.15) is 25.0 Å². The molecule has 0 radical (unpaired) electrons. The predicted molar refractivity (Wildman–Crippen MR) is 87.6 cm³/mol. The number of thioether (sulfide) groups is 1. The number of hydrogen-bond donors (Lipinski definition) is 1. The van der Waals surface area contributed by atoms with Crippen LogP contribution in [0.15, 0.2) is 23.1 Å². The summed E-state index contributed by atoms with van der Waals surface area (Å²) in [6, 6.07) is 6.22. The molecule has 1 N–H and O–H groups in total. The summed E-state index contributed by atoms with van der Waals surface area (Å²) in [7, 11) is 0. The highest BCUT2D eigenvalue weighted by molar-refractivity contribution is 8.00. The molecule has 21 heavy (non-hydrogen) atoms. The van der Waals surface area contributed by atoms with Crippen molar-refractivity contribution in [2.45, 2.75) is 32.6 Å². The van der Waals surface area contributed by atoms with Crippen LogP contribution in [0.3, 0.4) is 0 Å². The standard InChI is InChI=1S/C16H24N2O2S/c1-5-17-15(19)10-18(6-2)16(20)11-21-14-9-12(3)7-8-13(14)4/h7-9H,5-6,10-11H2,1-4H3,(H,17,19). The third-order valence-corrected chi connectivity index (χ3v) is 4.28. The quantitative estimate of drug-likeness (QED) is 0.787. The monoisotopic (exact) mass is 308 g/mol. The number of carbonyl (C=O) groups excluding carboxylic acids is 2. The van der Waals surface area contributed by atoms with Gasteiger partial charge in [-0.3, -0.25) is 9.59 Å². The van der Waals surface area contributed by atoms with Crippen LogP contribution in [0.5, 0.6) is 0 Å². The molecule has 0 aliphatic heterocycles. The molecule has 0 spiro atoms. The predicted octanol–water partition coefficient (Wildman–Crippen LogP) is 2.38. The molecule has 0 fully saturated rings. The van der Waals surface area contributed by atoms with Crippen molar-refractivity contribution in [3.05, 3.63) is 29.3 Å². The van der Waals surface area contributed by atoms with E-state index in [-0.39, 0.29) is 18.4 Å². The van der Waals surface area contributed by atoms with Crippen LogP contribution in [0, 0.1) is 13.8 Å². The van der Waals surface area contributed by atoms with Crippen LogP contribution in [0.4, 0.5) is 0 Å². The number of hydrogen-bond acceptors (Lipinski definition) is 3. The summed E-state index contributed by atoms with van der Waals surface area (Å²) in [6.07, 6.45) is 0. The van der Waals surface area contributed by atoms with Crippen molar-refractivity contribution in [1.82, 2.24) is 10.2 Å². The van der Waals surface area contributed by atoms with Crippen molar-refractivity contribution in [1.29, 1.82) is 0 Å². The molecule has 4 nitrogen and oxygen atoms in total. The molecule has 0 heterocycles. The van der Waals surface area contributed by atoms with E-state index in [0.29, 0.717) is 18.8 Å². The average molecular weight is 308 g/mol. The van der Waals surface area contributed by atoms with Crippen molar-refractivity contribution in [2.24, 2.45) is 0 Å². The number of benzene rings is 1. The first-order valence-electron chi connectivity index (χ1n) is 7.22. The first-order chi connectivity index (χ1) is 9.97. The van der Waals surface area contributed by atoms with Gasteiger partial charge >= 0.3 is 0 Å². The van der Waals surface area contributed by atoms with E-state index in [2.05, 4.69) is 23.5 Å². The fourth-order valence-corrected chi connectivity index (χ4v) is 2.92. The summed E-state index contributed by atoms with van der Waals surface area (Å²) < 4.78 is 0. The normalized spacial score (nSPS) is 10.3. The van der Waals surface area contributed by atoms with Gasteiger partial charge in [-0.2, -0.15) is 0 Å². The molecule has 0 saturated heterocycles. The number of likely N-dealkylation sites (N-methyl/N-ethyl adjacent to an activating group) is 2. The lowest BCUT2D eigenvalue weighted by Gasteiger charge is -2.20. The Morgan fingerprint density at radius 1 is 1.24 bits per heavy atom. The summed E-state index contributed by atoms with van der Waals surface area (Å²) in [6.45, 7) is 9.10. The fourth-order valence-electron chi connectivity index (χ4n) is 1.90. The van der Waals surface area contributed by atoms with Gasteiger partial charge in [-0.15, -0.1) is 11.8 Å². The van der Waals surface area contributed by atoms with E-state index in [9.17, 15) is 9.59 Å². The van der Waals surface area contributed by atoms with E-state index < -0.39 is 0 Å². The lowest BCUT2D eigenvalue weighted by molar-refractivity contribution is -0.133. The molecule has 0 atom stereocenters. The van der Waals surface area contributed by atoms with Crippen molar-refractivity contribution in [2.75, 3.05) is 25.4 Å². The van der Waals surface area contributed by atoms with Crippen LogP contribution >= 0.6 is 11.8 Å². The van der Waals surface area contributed by atoms with Gasteiger partial charge in [-0.25, -0.2) is 0 Å². The molecule has 1 aromatic carbocycles. The highest BCUT2D eigenvalue weighted by Crippen LogP contribution is 2.23. The van der Waals surface area contributed by atoms with Gasteiger partial charge < -0.3 is 10.2 Å². The lowest BCUT2D eigenvalue weighted by atomic mass is 10.2. The maximum Gasteiger partial charge on any atom is 0.239 e. The summed E-state index contributed by atoms with van der Waals surface area (Å²) in [5.74, 6) is 0.247. The highest BCUT2D eigenvalue weighted by Gasteiger charge is 2.15. The van der Waals surface area contributed by atoms with Gasteiger partial charge in [0.2, 0.25) is 11.8 Å². The van der Waals surface area contributed by atoms with E-state index in [4.69, 9.17) is 0 Å². The number of carbonyl (C=O) groups is 2. The van der Waals surface area contributed by atoms with Crippen molar-refractivity contribution < 1.29 is 9.59 Å². The van der Waals surface area contributed by atoms with E-state index in [1.807, 2.05) is 27.7 Å². The molecule has 0 unspecified atom stereocenters. The number of amides is 2. The summed E-state index contributed by atoms with van der Waals surface area (Å²) >= 11 is 1.53. The Balaban J connectivity index is 2.58. The van der Waals surface area contributed by atoms with E-state index in [1.165, 1.54) is 22.9 Å². The third-order valence-electron chi connectivity index (χ3n) is 3.14. The second-order valence-electron chi connectivity index (χ2n) is 4.92. The smallest absolute Gasteiger partial charge is 0.239 e. The van der Waals surface area contributed by atoms with Crippen LogP contribution in [0.2, 0.25) is 0 Å². The zero-order valence-electron chi connectivity index (χ0n) is 13.2. The molecule has 0 aliphatic rings. The SMILES string of the molecule is CCNC(=O)CN(CC)C(=O)CSc1cc(C)ccc1C. The van der Waals surface area contributed by atoms with Crippen molar-refractivity contribution in [3.63, 3.8) is 0 Å². The molecular weight excluding hydrogens is 284 g/mol. The minimum atomic E-state index is -0.107. The maximum atomic E-state index is 12.2. The van der Waals surface area contributed by atoms with E-state index >= 15 is 0 Å². The molecule has 0 aromatic heterocycles. The molecule has 0 bridgehead atoms. The molecule has 0 saturated carbocycles. The van der Waals surface area contributed by atoms with Gasteiger partial charge in [0.25, 0.3) is 0 Å². The van der Waals surface area contributed by atoms with Crippen LogP contribution < -0.4 is 5.32 Å².